The highest BCUT2D eigenvalue weighted by Gasteiger charge is 2.24. The second kappa shape index (κ2) is 5.91. The van der Waals surface area contributed by atoms with Gasteiger partial charge in [-0.05, 0) is 19.4 Å². The number of hydrogen-bond acceptors (Lipinski definition) is 2. The molecule has 0 radical (unpaired) electrons. The van der Waals surface area contributed by atoms with E-state index in [1.165, 1.54) is 0 Å². The summed E-state index contributed by atoms with van der Waals surface area (Å²) in [7, 11) is 0. The number of carbonyl (C=O) groups is 2. The van der Waals surface area contributed by atoms with Crippen molar-refractivity contribution in [1.82, 2.24) is 10.6 Å². The second-order valence-corrected chi connectivity index (χ2v) is 4.55. The summed E-state index contributed by atoms with van der Waals surface area (Å²) in [4.78, 5) is 22.9. The van der Waals surface area contributed by atoms with Gasteiger partial charge in [-0.2, -0.15) is 0 Å². The lowest BCUT2D eigenvalue weighted by atomic mass is 10.1. The number of terminal acetylenes is 1. The van der Waals surface area contributed by atoms with E-state index in [-0.39, 0.29) is 0 Å². The molecule has 1 aromatic rings. The summed E-state index contributed by atoms with van der Waals surface area (Å²) in [5.41, 5.74) is -0.354. The first-order chi connectivity index (χ1) is 8.85. The van der Waals surface area contributed by atoms with E-state index in [0.29, 0.717) is 5.56 Å². The van der Waals surface area contributed by atoms with Crippen molar-refractivity contribution in [1.29, 1.82) is 0 Å². The largest absolute Gasteiger partial charge is 0.479 e. The van der Waals surface area contributed by atoms with Crippen LogP contribution in [0.2, 0.25) is 0 Å². The number of urea groups is 1. The van der Waals surface area contributed by atoms with Crippen molar-refractivity contribution >= 4 is 12.0 Å². The third-order valence-electron chi connectivity index (χ3n) is 2.44. The molecule has 5 nitrogen and oxygen atoms in total. The van der Waals surface area contributed by atoms with Crippen LogP contribution in [-0.4, -0.2) is 22.6 Å². The van der Waals surface area contributed by atoms with Crippen LogP contribution < -0.4 is 10.6 Å². The number of carboxylic acids is 1. The summed E-state index contributed by atoms with van der Waals surface area (Å²) >= 11 is 0. The molecule has 0 aliphatic carbocycles. The van der Waals surface area contributed by atoms with Crippen LogP contribution in [0.25, 0.3) is 0 Å². The number of carboxylic acid groups (broad SMARTS) is 1. The highest BCUT2D eigenvalue weighted by Crippen LogP contribution is 2.12. The summed E-state index contributed by atoms with van der Waals surface area (Å²) in [6.45, 7) is 3.29. The monoisotopic (exact) mass is 260 g/mol. The van der Waals surface area contributed by atoms with E-state index in [0.717, 1.165) is 0 Å². The predicted molar refractivity (Wildman–Crippen MR) is 71.4 cm³/mol. The maximum atomic E-state index is 11.7. The van der Waals surface area contributed by atoms with Gasteiger partial charge in [-0.1, -0.05) is 36.3 Å². The number of carbonyl (C=O) groups excluding carboxylic acids is 1. The third kappa shape index (κ3) is 4.36. The molecule has 1 rings (SSSR count). The van der Waals surface area contributed by atoms with Gasteiger partial charge in [0.1, 0.15) is 0 Å². The molecule has 0 aliphatic heterocycles. The maximum Gasteiger partial charge on any atom is 0.330 e. The molecule has 19 heavy (non-hydrogen) atoms. The van der Waals surface area contributed by atoms with E-state index in [1.54, 1.807) is 44.2 Å². The number of amides is 2. The lowest BCUT2D eigenvalue weighted by Crippen LogP contribution is -2.49. The van der Waals surface area contributed by atoms with Crippen molar-refractivity contribution in [2.45, 2.75) is 25.4 Å². The molecule has 3 N–H and O–H groups in total. The first-order valence-electron chi connectivity index (χ1n) is 5.70. The molecule has 1 aromatic carbocycles. The van der Waals surface area contributed by atoms with E-state index in [4.69, 9.17) is 11.5 Å². The molecular weight excluding hydrogens is 244 g/mol. The topological polar surface area (TPSA) is 78.4 Å². The van der Waals surface area contributed by atoms with Gasteiger partial charge in [0.05, 0.1) is 5.54 Å². The van der Waals surface area contributed by atoms with Gasteiger partial charge in [-0.15, -0.1) is 6.42 Å². The summed E-state index contributed by atoms with van der Waals surface area (Å²) in [5, 5.41) is 14.0. The summed E-state index contributed by atoms with van der Waals surface area (Å²) in [6.07, 6.45) is 5.25. The van der Waals surface area contributed by atoms with E-state index >= 15 is 0 Å². The van der Waals surface area contributed by atoms with Crippen LogP contribution in [0.3, 0.4) is 0 Å². The minimum atomic E-state index is -1.14. The Morgan fingerprint density at radius 2 is 1.89 bits per heavy atom. The van der Waals surface area contributed by atoms with Crippen LogP contribution in [0.5, 0.6) is 0 Å². The smallest absolute Gasteiger partial charge is 0.330 e. The standard InChI is InChI=1S/C14H16N2O3/c1-4-14(2,3)16-13(19)15-11(12(17)18)10-8-6-5-7-9-10/h1,5-9,11H,2-3H3,(H,17,18)(H2,15,16,19). The van der Waals surface area contributed by atoms with Crippen molar-refractivity contribution in [2.75, 3.05) is 0 Å². The second-order valence-electron chi connectivity index (χ2n) is 4.55. The first-order valence-corrected chi connectivity index (χ1v) is 5.70. The van der Waals surface area contributed by atoms with Crippen LogP contribution in [0.4, 0.5) is 4.79 Å². The maximum absolute atomic E-state index is 11.7. The van der Waals surface area contributed by atoms with Gasteiger partial charge in [0.2, 0.25) is 0 Å². The van der Waals surface area contributed by atoms with Crippen LogP contribution in [0, 0.1) is 12.3 Å². The van der Waals surface area contributed by atoms with Gasteiger partial charge in [-0.3, -0.25) is 0 Å². The van der Waals surface area contributed by atoms with Crippen LogP contribution in [0.1, 0.15) is 25.5 Å². The zero-order valence-corrected chi connectivity index (χ0v) is 10.8. The predicted octanol–water partition coefficient (Wildman–Crippen LogP) is 1.52. The highest BCUT2D eigenvalue weighted by molar-refractivity contribution is 5.84. The van der Waals surface area contributed by atoms with Gasteiger partial charge in [0.25, 0.3) is 0 Å². The Morgan fingerprint density at radius 3 is 2.37 bits per heavy atom. The van der Waals surface area contributed by atoms with Crippen molar-refractivity contribution in [3.05, 3.63) is 35.9 Å². The molecule has 0 aliphatic rings. The highest BCUT2D eigenvalue weighted by atomic mass is 16.4. The molecule has 5 heteroatoms. The van der Waals surface area contributed by atoms with Crippen LogP contribution in [-0.2, 0) is 4.79 Å². The number of aliphatic carboxylic acids is 1. The first kappa shape index (κ1) is 14.6. The van der Waals surface area contributed by atoms with Crippen molar-refractivity contribution < 1.29 is 14.7 Å². The average Bonchev–Trinajstić information content (AvgIpc) is 2.36. The number of benzene rings is 1. The zero-order valence-electron chi connectivity index (χ0n) is 10.8. The molecule has 1 atom stereocenters. The fraction of sp³-hybridized carbons (Fsp3) is 0.286. The molecule has 0 spiro atoms. The molecule has 0 saturated heterocycles. The van der Waals surface area contributed by atoms with Gasteiger partial charge in [-0.25, -0.2) is 9.59 Å². The molecule has 2 amide bonds. The lowest BCUT2D eigenvalue weighted by Gasteiger charge is -2.22. The number of hydrogen-bond donors (Lipinski definition) is 3. The Bertz CT molecular complexity index is 503. The number of rotatable bonds is 4. The Morgan fingerprint density at radius 1 is 1.32 bits per heavy atom. The third-order valence-corrected chi connectivity index (χ3v) is 2.44. The minimum Gasteiger partial charge on any atom is -0.479 e. The quantitative estimate of drug-likeness (QED) is 0.718. The zero-order chi connectivity index (χ0) is 14.5. The molecular formula is C14H16N2O3. The van der Waals surface area contributed by atoms with E-state index in [1.807, 2.05) is 0 Å². The molecule has 100 valence electrons. The molecule has 0 saturated carbocycles. The van der Waals surface area contributed by atoms with Crippen molar-refractivity contribution in [2.24, 2.45) is 0 Å². The van der Waals surface area contributed by atoms with Crippen molar-refractivity contribution in [3.63, 3.8) is 0 Å². The SMILES string of the molecule is C#CC(C)(C)NC(=O)NC(C(=O)O)c1ccccc1. The van der Waals surface area contributed by atoms with E-state index in [9.17, 15) is 9.59 Å². The fourth-order valence-corrected chi connectivity index (χ4v) is 1.42. The normalized spacial score (nSPS) is 12.1. The minimum absolute atomic E-state index is 0.490. The molecule has 0 heterocycles. The Hall–Kier alpha value is -2.48. The van der Waals surface area contributed by atoms with Crippen LogP contribution >= 0.6 is 0 Å². The van der Waals surface area contributed by atoms with E-state index in [2.05, 4.69) is 16.6 Å². The molecule has 0 aromatic heterocycles. The van der Waals surface area contributed by atoms with Crippen LogP contribution in [0.15, 0.2) is 30.3 Å². The molecule has 0 fully saturated rings. The van der Waals surface area contributed by atoms with Gasteiger partial charge >= 0.3 is 12.0 Å². The summed E-state index contributed by atoms with van der Waals surface area (Å²) in [6, 6.07) is 6.70. The Labute approximate surface area is 112 Å². The Balaban J connectivity index is 2.79. The van der Waals surface area contributed by atoms with Gasteiger partial charge < -0.3 is 15.7 Å². The summed E-state index contributed by atoms with van der Waals surface area (Å²) < 4.78 is 0. The summed E-state index contributed by atoms with van der Waals surface area (Å²) in [5.74, 6) is 1.26. The van der Waals surface area contributed by atoms with Gasteiger partial charge in [0.15, 0.2) is 6.04 Å². The van der Waals surface area contributed by atoms with Crippen molar-refractivity contribution in [3.8, 4) is 12.3 Å². The molecule has 1 unspecified atom stereocenters. The average molecular weight is 260 g/mol. The van der Waals surface area contributed by atoms with Gasteiger partial charge in [0, 0.05) is 0 Å². The number of nitrogens with one attached hydrogen (secondary N) is 2. The molecule has 0 bridgehead atoms. The van der Waals surface area contributed by atoms with E-state index < -0.39 is 23.6 Å². The fourth-order valence-electron chi connectivity index (χ4n) is 1.42. The lowest BCUT2D eigenvalue weighted by molar-refractivity contribution is -0.139. The Kier molecular flexibility index (Phi) is 4.54.